The van der Waals surface area contributed by atoms with Gasteiger partial charge in [-0.2, -0.15) is 0 Å². The number of anilines is 4. The van der Waals surface area contributed by atoms with Gasteiger partial charge < -0.3 is 16.0 Å². The van der Waals surface area contributed by atoms with Gasteiger partial charge in [0.15, 0.2) is 0 Å². The number of amides is 2. The minimum absolute atomic E-state index is 0.130. The lowest BCUT2D eigenvalue weighted by Gasteiger charge is -2.08. The normalized spacial score (nSPS) is 10.1. The number of halogens is 1. The topological polar surface area (TPSA) is 96.0 Å². The van der Waals surface area contributed by atoms with Gasteiger partial charge in [0.25, 0.3) is 5.91 Å². The van der Waals surface area contributed by atoms with Crippen molar-refractivity contribution in [2.45, 2.75) is 6.92 Å². The van der Waals surface area contributed by atoms with Gasteiger partial charge in [0, 0.05) is 24.0 Å². The highest BCUT2D eigenvalue weighted by molar-refractivity contribution is 6.02. The molecule has 0 unspecified atom stereocenters. The highest BCUT2D eigenvalue weighted by atomic mass is 19.1. The fourth-order valence-corrected chi connectivity index (χ4v) is 2.26. The molecule has 0 aliphatic carbocycles. The number of hydrogen-bond acceptors (Lipinski definition) is 5. The van der Waals surface area contributed by atoms with Crippen LogP contribution in [0, 0.1) is 5.82 Å². The Morgan fingerprint density at radius 1 is 0.889 bits per heavy atom. The van der Waals surface area contributed by atoms with Crippen molar-refractivity contribution in [1.29, 1.82) is 0 Å². The molecule has 3 aromatic rings. The van der Waals surface area contributed by atoms with Crippen LogP contribution in [0.15, 0.2) is 60.9 Å². The smallest absolute Gasteiger partial charge is 0.275 e. The van der Waals surface area contributed by atoms with E-state index < -0.39 is 5.91 Å². The van der Waals surface area contributed by atoms with Crippen molar-refractivity contribution in [2.75, 3.05) is 16.0 Å². The van der Waals surface area contributed by atoms with E-state index in [4.69, 9.17) is 0 Å². The quantitative estimate of drug-likeness (QED) is 0.642. The zero-order valence-corrected chi connectivity index (χ0v) is 14.4. The molecule has 8 heteroatoms. The zero-order valence-electron chi connectivity index (χ0n) is 14.4. The molecule has 0 atom stereocenters. The first-order valence-corrected chi connectivity index (χ1v) is 8.03. The molecule has 2 amide bonds. The van der Waals surface area contributed by atoms with Gasteiger partial charge in [-0.05, 0) is 42.5 Å². The molecule has 0 aliphatic heterocycles. The number of carbonyl (C=O) groups excluding carboxylic acids is 2. The fraction of sp³-hybridized carbons (Fsp3) is 0.0526. The summed E-state index contributed by atoms with van der Waals surface area (Å²) < 4.78 is 13.2. The Hall–Kier alpha value is -3.81. The number of aromatic nitrogens is 2. The number of nitrogens with one attached hydrogen (secondary N) is 3. The maximum absolute atomic E-state index is 13.2. The first kappa shape index (κ1) is 18.0. The van der Waals surface area contributed by atoms with E-state index in [2.05, 4.69) is 25.9 Å². The molecule has 0 fully saturated rings. The molecule has 1 heterocycles. The Bertz CT molecular complexity index is 959. The zero-order chi connectivity index (χ0) is 19.2. The summed E-state index contributed by atoms with van der Waals surface area (Å²) >= 11 is 0. The Morgan fingerprint density at radius 2 is 1.59 bits per heavy atom. The average Bonchev–Trinajstić information content (AvgIpc) is 2.63. The summed E-state index contributed by atoms with van der Waals surface area (Å²) in [6.07, 6.45) is 2.71. The van der Waals surface area contributed by atoms with Crippen LogP contribution in [0.3, 0.4) is 0 Å². The van der Waals surface area contributed by atoms with E-state index in [1.54, 1.807) is 36.4 Å². The van der Waals surface area contributed by atoms with E-state index in [1.165, 1.54) is 31.5 Å². The minimum Gasteiger partial charge on any atom is -0.339 e. The van der Waals surface area contributed by atoms with E-state index in [0.29, 0.717) is 22.9 Å². The van der Waals surface area contributed by atoms with Crippen molar-refractivity contribution in [3.63, 3.8) is 0 Å². The number of carbonyl (C=O) groups is 2. The van der Waals surface area contributed by atoms with E-state index in [-0.39, 0.29) is 17.4 Å². The van der Waals surface area contributed by atoms with E-state index >= 15 is 0 Å². The van der Waals surface area contributed by atoms with Crippen molar-refractivity contribution in [2.24, 2.45) is 0 Å². The van der Waals surface area contributed by atoms with Gasteiger partial charge in [0.05, 0.1) is 12.4 Å². The summed E-state index contributed by atoms with van der Waals surface area (Å²) in [5.41, 5.74) is 1.84. The molecule has 0 spiro atoms. The van der Waals surface area contributed by atoms with E-state index in [0.717, 1.165) is 0 Å². The lowest BCUT2D eigenvalue weighted by atomic mass is 10.2. The molecule has 0 aliphatic rings. The Labute approximate surface area is 154 Å². The third-order valence-corrected chi connectivity index (χ3v) is 3.44. The predicted octanol–water partition coefficient (Wildman–Crippen LogP) is 3.57. The lowest BCUT2D eigenvalue weighted by Crippen LogP contribution is -2.14. The van der Waals surface area contributed by atoms with E-state index in [9.17, 15) is 14.0 Å². The summed E-state index contributed by atoms with van der Waals surface area (Å²) in [7, 11) is 0. The monoisotopic (exact) mass is 365 g/mol. The molecule has 0 saturated heterocycles. The van der Waals surface area contributed by atoms with Crippen LogP contribution in [0.2, 0.25) is 0 Å². The molecule has 3 N–H and O–H groups in total. The van der Waals surface area contributed by atoms with Gasteiger partial charge in [0.1, 0.15) is 17.3 Å². The summed E-state index contributed by atoms with van der Waals surface area (Å²) in [5, 5.41) is 8.24. The third kappa shape index (κ3) is 5.08. The van der Waals surface area contributed by atoms with Gasteiger partial charge in [-0.1, -0.05) is 6.07 Å². The van der Waals surface area contributed by atoms with Crippen LogP contribution in [-0.4, -0.2) is 21.8 Å². The van der Waals surface area contributed by atoms with Crippen LogP contribution in [0.5, 0.6) is 0 Å². The van der Waals surface area contributed by atoms with Gasteiger partial charge in [-0.25, -0.2) is 14.4 Å². The summed E-state index contributed by atoms with van der Waals surface area (Å²) in [6.45, 7) is 1.42. The third-order valence-electron chi connectivity index (χ3n) is 3.44. The maximum Gasteiger partial charge on any atom is 0.275 e. The largest absolute Gasteiger partial charge is 0.339 e. The van der Waals surface area contributed by atoms with Crippen molar-refractivity contribution < 1.29 is 14.0 Å². The standard InChI is InChI=1S/C19H16FN5O2/c1-12(26)23-14-5-7-15(8-6-14)25-19(27)17-10-22-18(11-21-17)24-16-4-2-3-13(20)9-16/h2-11H,1H3,(H,22,24)(H,23,26)(H,25,27). The van der Waals surface area contributed by atoms with Gasteiger partial charge in [-0.15, -0.1) is 0 Å². The molecular formula is C19H16FN5O2. The first-order chi connectivity index (χ1) is 13.0. The first-order valence-electron chi connectivity index (χ1n) is 8.03. The summed E-state index contributed by atoms with van der Waals surface area (Å²) in [4.78, 5) is 31.4. The van der Waals surface area contributed by atoms with Crippen molar-refractivity contribution >= 4 is 34.7 Å². The summed E-state index contributed by atoms with van der Waals surface area (Å²) in [6, 6.07) is 12.6. The number of nitrogens with zero attached hydrogens (tertiary/aromatic N) is 2. The fourth-order valence-electron chi connectivity index (χ4n) is 2.26. The minimum atomic E-state index is -0.424. The second-order valence-corrected chi connectivity index (χ2v) is 5.63. The molecule has 0 radical (unpaired) electrons. The SMILES string of the molecule is CC(=O)Nc1ccc(NC(=O)c2cnc(Nc3cccc(F)c3)cn2)cc1. The van der Waals surface area contributed by atoms with Crippen LogP contribution in [0.1, 0.15) is 17.4 Å². The summed E-state index contributed by atoms with van der Waals surface area (Å²) in [5.74, 6) is -0.577. The molecular weight excluding hydrogens is 349 g/mol. The van der Waals surface area contributed by atoms with Crippen LogP contribution >= 0.6 is 0 Å². The van der Waals surface area contributed by atoms with Crippen LogP contribution in [0.25, 0.3) is 0 Å². The Morgan fingerprint density at radius 3 is 2.19 bits per heavy atom. The Balaban J connectivity index is 1.62. The lowest BCUT2D eigenvalue weighted by molar-refractivity contribution is -0.114. The van der Waals surface area contributed by atoms with Gasteiger partial charge >= 0.3 is 0 Å². The van der Waals surface area contributed by atoms with Gasteiger partial charge in [-0.3, -0.25) is 9.59 Å². The van der Waals surface area contributed by atoms with E-state index in [1.807, 2.05) is 0 Å². The molecule has 136 valence electrons. The molecule has 2 aromatic carbocycles. The van der Waals surface area contributed by atoms with Crippen molar-refractivity contribution in [1.82, 2.24) is 9.97 Å². The number of benzene rings is 2. The highest BCUT2D eigenvalue weighted by Crippen LogP contribution is 2.16. The highest BCUT2D eigenvalue weighted by Gasteiger charge is 2.09. The van der Waals surface area contributed by atoms with Crippen molar-refractivity contribution in [3.8, 4) is 0 Å². The van der Waals surface area contributed by atoms with Gasteiger partial charge in [0.2, 0.25) is 5.91 Å². The maximum atomic E-state index is 13.2. The number of rotatable bonds is 5. The van der Waals surface area contributed by atoms with Crippen LogP contribution in [-0.2, 0) is 4.79 Å². The second-order valence-electron chi connectivity index (χ2n) is 5.63. The molecule has 27 heavy (non-hydrogen) atoms. The molecule has 7 nitrogen and oxygen atoms in total. The molecule has 3 rings (SSSR count). The molecule has 0 saturated carbocycles. The van der Waals surface area contributed by atoms with Crippen LogP contribution < -0.4 is 16.0 Å². The van der Waals surface area contributed by atoms with Crippen molar-refractivity contribution in [3.05, 3.63) is 72.4 Å². The molecule has 1 aromatic heterocycles. The predicted molar refractivity (Wildman–Crippen MR) is 100 cm³/mol. The second kappa shape index (κ2) is 8.05. The Kier molecular flexibility index (Phi) is 5.36. The average molecular weight is 365 g/mol. The number of hydrogen-bond donors (Lipinski definition) is 3. The molecule has 0 bridgehead atoms. The van der Waals surface area contributed by atoms with Crippen LogP contribution in [0.4, 0.5) is 27.3 Å².